The van der Waals surface area contributed by atoms with E-state index in [1.807, 2.05) is 0 Å². The maximum absolute atomic E-state index is 2.20. The Bertz CT molecular complexity index is 219. The maximum atomic E-state index is 2.20. The van der Waals surface area contributed by atoms with Crippen molar-refractivity contribution in [3.8, 4) is 0 Å². The average Bonchev–Trinajstić information content (AvgIpc) is 2.02. The van der Waals surface area contributed by atoms with Gasteiger partial charge in [-0.25, -0.2) is 0 Å². The molecular formula is C9H12I2. The molecular weight excluding hydrogens is 362 g/mol. The molecule has 0 unspecified atom stereocenters. The summed E-state index contributed by atoms with van der Waals surface area (Å²) < 4.78 is 0. The lowest BCUT2D eigenvalue weighted by Gasteiger charge is -1.98. The normalized spacial score (nSPS) is 8.45. The van der Waals surface area contributed by atoms with Crippen LogP contribution in [-0.2, 0) is 0 Å². The van der Waals surface area contributed by atoms with E-state index in [-0.39, 0.29) is 0 Å². The number of rotatable bonds is 0. The number of benzene rings is 1. The molecule has 0 saturated heterocycles. The van der Waals surface area contributed by atoms with Crippen molar-refractivity contribution in [3.05, 3.63) is 34.9 Å². The van der Waals surface area contributed by atoms with Gasteiger partial charge < -0.3 is 0 Å². The summed E-state index contributed by atoms with van der Waals surface area (Å²) in [6.45, 7) is 6.39. The predicted molar refractivity (Wildman–Crippen MR) is 68.7 cm³/mol. The minimum Gasteiger partial charge on any atom is -0.0590 e. The van der Waals surface area contributed by atoms with Gasteiger partial charge in [0.1, 0.15) is 0 Å². The van der Waals surface area contributed by atoms with E-state index in [9.17, 15) is 0 Å². The van der Waals surface area contributed by atoms with Crippen LogP contribution >= 0.6 is 37.2 Å². The second kappa shape index (κ2) is 6.22. The van der Waals surface area contributed by atoms with E-state index in [4.69, 9.17) is 0 Å². The molecule has 0 amide bonds. The monoisotopic (exact) mass is 374 g/mol. The van der Waals surface area contributed by atoms with Gasteiger partial charge in [-0.15, -0.1) is 0 Å². The molecule has 0 aliphatic heterocycles. The van der Waals surface area contributed by atoms with E-state index in [0.717, 1.165) is 0 Å². The Kier molecular flexibility index (Phi) is 6.61. The van der Waals surface area contributed by atoms with Crippen LogP contribution in [0.25, 0.3) is 0 Å². The lowest BCUT2D eigenvalue weighted by Crippen LogP contribution is -1.79. The fraction of sp³-hybridized carbons (Fsp3) is 0.333. The van der Waals surface area contributed by atoms with Gasteiger partial charge >= 0.3 is 0 Å². The highest BCUT2D eigenvalue weighted by Gasteiger charge is 1.89. The van der Waals surface area contributed by atoms with Crippen molar-refractivity contribution in [2.75, 3.05) is 0 Å². The van der Waals surface area contributed by atoms with Gasteiger partial charge in [-0.05, 0) is 31.9 Å². The third-order valence-electron chi connectivity index (χ3n) is 1.66. The standard InChI is InChI=1S/C9H12.I2/c1-7-4-5-8(2)9(3)6-7;1-2/h4-6H,1-3H3;. The van der Waals surface area contributed by atoms with Gasteiger partial charge in [0.15, 0.2) is 0 Å². The fourth-order valence-corrected chi connectivity index (χ4v) is 0.891. The van der Waals surface area contributed by atoms with Crippen molar-refractivity contribution in [1.82, 2.24) is 0 Å². The lowest BCUT2D eigenvalue weighted by molar-refractivity contribution is 1.30. The van der Waals surface area contributed by atoms with Gasteiger partial charge in [0.2, 0.25) is 0 Å². The summed E-state index contributed by atoms with van der Waals surface area (Å²) >= 11 is 4.24. The molecule has 0 aliphatic rings. The first kappa shape index (κ1) is 11.7. The van der Waals surface area contributed by atoms with Crippen molar-refractivity contribution in [2.45, 2.75) is 20.8 Å². The van der Waals surface area contributed by atoms with Crippen molar-refractivity contribution in [1.29, 1.82) is 0 Å². The molecule has 0 atom stereocenters. The third kappa shape index (κ3) is 4.30. The lowest BCUT2D eigenvalue weighted by atomic mass is 10.1. The SMILES string of the molecule is Cc1ccc(C)c(C)c1.II. The molecule has 0 N–H and O–H groups in total. The van der Waals surface area contributed by atoms with Gasteiger partial charge in [0, 0.05) is 37.2 Å². The Morgan fingerprint density at radius 2 is 1.45 bits per heavy atom. The quantitative estimate of drug-likeness (QED) is 0.592. The van der Waals surface area contributed by atoms with Gasteiger partial charge in [0.25, 0.3) is 0 Å². The zero-order chi connectivity index (χ0) is 8.85. The van der Waals surface area contributed by atoms with Crippen molar-refractivity contribution >= 4 is 37.2 Å². The number of aryl methyl sites for hydroxylation is 3. The first-order valence-electron chi connectivity index (χ1n) is 3.38. The summed E-state index contributed by atoms with van der Waals surface area (Å²) in [6.07, 6.45) is 0. The number of hydrogen-bond donors (Lipinski definition) is 0. The third-order valence-corrected chi connectivity index (χ3v) is 1.66. The maximum Gasteiger partial charge on any atom is 0 e. The summed E-state index contributed by atoms with van der Waals surface area (Å²) in [6, 6.07) is 6.50. The first-order valence-corrected chi connectivity index (χ1v) is 9.67. The molecule has 2 heteroatoms. The number of hydrogen-bond acceptors (Lipinski definition) is 0. The summed E-state index contributed by atoms with van der Waals surface area (Å²) in [4.78, 5) is 0. The highest BCUT2D eigenvalue weighted by Crippen LogP contribution is 2.07. The van der Waals surface area contributed by atoms with Gasteiger partial charge in [-0.1, -0.05) is 23.8 Å². The first-order chi connectivity index (χ1) is 5.20. The zero-order valence-corrected chi connectivity index (χ0v) is 11.3. The molecule has 0 aliphatic carbocycles. The van der Waals surface area contributed by atoms with Gasteiger partial charge in [0.05, 0.1) is 0 Å². The van der Waals surface area contributed by atoms with Crippen LogP contribution in [0, 0.1) is 20.8 Å². The van der Waals surface area contributed by atoms with Crippen LogP contribution in [0.1, 0.15) is 16.7 Å². The fourth-order valence-electron chi connectivity index (χ4n) is 0.891. The largest absolute Gasteiger partial charge is 0.0590 e. The highest BCUT2D eigenvalue weighted by atomic mass is 128. The van der Waals surface area contributed by atoms with Crippen molar-refractivity contribution < 1.29 is 0 Å². The summed E-state index contributed by atoms with van der Waals surface area (Å²) in [5.41, 5.74) is 4.11. The van der Waals surface area contributed by atoms with E-state index < -0.39 is 0 Å². The highest BCUT2D eigenvalue weighted by molar-refractivity contribution is 15.0. The molecule has 0 saturated carbocycles. The van der Waals surface area contributed by atoms with Crippen molar-refractivity contribution in [2.24, 2.45) is 0 Å². The molecule has 0 spiro atoms. The Morgan fingerprint density at radius 1 is 0.909 bits per heavy atom. The van der Waals surface area contributed by atoms with Crippen LogP contribution in [0.4, 0.5) is 0 Å². The molecule has 0 aromatic heterocycles. The van der Waals surface area contributed by atoms with Gasteiger partial charge in [-0.2, -0.15) is 0 Å². The second-order valence-corrected chi connectivity index (χ2v) is 2.59. The van der Waals surface area contributed by atoms with E-state index in [2.05, 4.69) is 76.2 Å². The zero-order valence-electron chi connectivity index (χ0n) is 6.99. The molecule has 1 aromatic carbocycles. The van der Waals surface area contributed by atoms with E-state index in [1.165, 1.54) is 16.7 Å². The van der Waals surface area contributed by atoms with Crippen LogP contribution in [0.5, 0.6) is 0 Å². The summed E-state index contributed by atoms with van der Waals surface area (Å²) in [5, 5.41) is 0. The molecule has 0 bridgehead atoms. The van der Waals surface area contributed by atoms with Crippen LogP contribution < -0.4 is 0 Å². The van der Waals surface area contributed by atoms with Crippen LogP contribution in [0.15, 0.2) is 18.2 Å². The Morgan fingerprint density at radius 3 is 1.82 bits per heavy atom. The Labute approximate surface area is 92.1 Å². The Hall–Kier alpha value is 0.680. The molecule has 0 nitrogen and oxygen atoms in total. The average molecular weight is 374 g/mol. The topological polar surface area (TPSA) is 0 Å². The van der Waals surface area contributed by atoms with Crippen LogP contribution in [0.3, 0.4) is 0 Å². The molecule has 11 heavy (non-hydrogen) atoms. The predicted octanol–water partition coefficient (Wildman–Crippen LogP) is 4.38. The van der Waals surface area contributed by atoms with E-state index in [1.54, 1.807) is 0 Å². The van der Waals surface area contributed by atoms with Gasteiger partial charge in [-0.3, -0.25) is 0 Å². The van der Waals surface area contributed by atoms with Crippen LogP contribution in [0.2, 0.25) is 0 Å². The van der Waals surface area contributed by atoms with E-state index >= 15 is 0 Å². The second-order valence-electron chi connectivity index (χ2n) is 2.59. The summed E-state index contributed by atoms with van der Waals surface area (Å²) in [7, 11) is 0. The van der Waals surface area contributed by atoms with Crippen LogP contribution in [-0.4, -0.2) is 0 Å². The molecule has 0 fully saturated rings. The summed E-state index contributed by atoms with van der Waals surface area (Å²) in [5.74, 6) is 0. The molecule has 0 heterocycles. The molecule has 1 rings (SSSR count). The molecule has 0 radical (unpaired) electrons. The van der Waals surface area contributed by atoms with E-state index in [0.29, 0.717) is 0 Å². The van der Waals surface area contributed by atoms with Crippen molar-refractivity contribution in [3.63, 3.8) is 0 Å². The minimum atomic E-state index is 1.35. The number of halogens is 2. The minimum absolute atomic E-state index is 1.35. The molecule has 62 valence electrons. The Balaban J connectivity index is 0.000000461. The molecule has 1 aromatic rings. The smallest absolute Gasteiger partial charge is 0 e.